The second-order valence-electron chi connectivity index (χ2n) is 18.3. The summed E-state index contributed by atoms with van der Waals surface area (Å²) in [6.07, 6.45) is 0. The standard InChI is InChI=1S/8C7H9BO2.CH4/c8*1-6-2-4-7(5-3-6)8(9)10;/h8*2-5,9-10H,1H3;1H4. The van der Waals surface area contributed by atoms with Crippen LogP contribution in [0.15, 0.2) is 194 Å². The Hall–Kier alpha value is -6.36. The predicted molar refractivity (Wildman–Crippen MR) is 335 cm³/mol. The summed E-state index contributed by atoms with van der Waals surface area (Å²) in [4.78, 5) is 0. The van der Waals surface area contributed by atoms with E-state index in [1.165, 1.54) is 0 Å². The van der Waals surface area contributed by atoms with E-state index in [0.29, 0.717) is 43.7 Å². The van der Waals surface area contributed by atoms with Gasteiger partial charge in [0.1, 0.15) is 0 Å². The van der Waals surface area contributed by atoms with E-state index in [-0.39, 0.29) is 7.43 Å². The number of aryl methyl sites for hydroxylation is 8. The van der Waals surface area contributed by atoms with E-state index in [0.717, 1.165) is 44.5 Å². The first-order valence-corrected chi connectivity index (χ1v) is 25.0. The van der Waals surface area contributed by atoms with Gasteiger partial charge in [0.25, 0.3) is 0 Å². The molecule has 81 heavy (non-hydrogen) atoms. The summed E-state index contributed by atoms with van der Waals surface area (Å²) in [5.41, 5.74) is 13.2. The Bertz CT molecular complexity index is 2240. The van der Waals surface area contributed by atoms with Gasteiger partial charge in [0, 0.05) is 0 Å². The highest BCUT2D eigenvalue weighted by Gasteiger charge is 2.13. The van der Waals surface area contributed by atoms with Crippen molar-refractivity contribution in [3.8, 4) is 0 Å². The first kappa shape index (κ1) is 74.6. The minimum Gasteiger partial charge on any atom is -0.423 e. The van der Waals surface area contributed by atoms with Crippen LogP contribution in [0.2, 0.25) is 0 Å². The summed E-state index contributed by atoms with van der Waals surface area (Å²) in [5.74, 6) is 0. The van der Waals surface area contributed by atoms with Gasteiger partial charge in [-0.2, -0.15) is 0 Å². The summed E-state index contributed by atoms with van der Waals surface area (Å²) in [5, 5.41) is 139. The minimum atomic E-state index is -1.35. The van der Waals surface area contributed by atoms with Gasteiger partial charge >= 0.3 is 56.9 Å². The smallest absolute Gasteiger partial charge is 0.423 e. The molecule has 0 atom stereocenters. The largest absolute Gasteiger partial charge is 0.488 e. The van der Waals surface area contributed by atoms with Crippen molar-refractivity contribution in [1.82, 2.24) is 0 Å². The molecule has 8 aromatic rings. The fourth-order valence-corrected chi connectivity index (χ4v) is 5.91. The molecule has 0 aromatic heterocycles. The Balaban J connectivity index is 0.000000901. The Morgan fingerprint density at radius 3 is 0.259 bits per heavy atom. The lowest BCUT2D eigenvalue weighted by molar-refractivity contribution is 0.424. The lowest BCUT2D eigenvalue weighted by Crippen LogP contribution is -2.29. The molecule has 0 spiro atoms. The quantitative estimate of drug-likeness (QED) is 0.0735. The van der Waals surface area contributed by atoms with Crippen LogP contribution in [-0.2, 0) is 0 Å². The van der Waals surface area contributed by atoms with Crippen LogP contribution >= 0.6 is 0 Å². The zero-order valence-electron chi connectivity index (χ0n) is 46.2. The van der Waals surface area contributed by atoms with Gasteiger partial charge in [-0.15, -0.1) is 0 Å². The molecule has 8 rings (SSSR count). The lowest BCUT2D eigenvalue weighted by atomic mass is 9.80. The summed E-state index contributed by atoms with van der Waals surface area (Å²) in [6, 6.07) is 56.6. The van der Waals surface area contributed by atoms with Crippen molar-refractivity contribution in [2.75, 3.05) is 0 Å². The van der Waals surface area contributed by atoms with Crippen LogP contribution in [0.5, 0.6) is 0 Å². The van der Waals surface area contributed by atoms with E-state index in [9.17, 15) is 0 Å². The van der Waals surface area contributed by atoms with E-state index < -0.39 is 56.9 Å². The van der Waals surface area contributed by atoms with Gasteiger partial charge in [-0.05, 0) is 99.1 Å². The van der Waals surface area contributed by atoms with E-state index >= 15 is 0 Å². The molecule has 0 aliphatic heterocycles. The first-order chi connectivity index (χ1) is 37.6. The average Bonchev–Trinajstić information content (AvgIpc) is 3.41. The van der Waals surface area contributed by atoms with Crippen molar-refractivity contribution in [2.24, 2.45) is 0 Å². The van der Waals surface area contributed by atoms with Gasteiger partial charge in [0.05, 0.1) is 0 Å². The molecule has 0 saturated heterocycles. The molecular weight excluding hydrogens is 1030 g/mol. The van der Waals surface area contributed by atoms with Crippen molar-refractivity contribution >= 4 is 101 Å². The molecule has 0 bridgehead atoms. The molecule has 16 N–H and O–H groups in total. The van der Waals surface area contributed by atoms with Gasteiger partial charge < -0.3 is 80.4 Å². The summed E-state index contributed by atoms with van der Waals surface area (Å²) < 4.78 is 0. The van der Waals surface area contributed by atoms with Crippen LogP contribution in [0.1, 0.15) is 51.9 Å². The average molecular weight is 1100 g/mol. The maximum absolute atomic E-state index is 8.67. The zero-order valence-corrected chi connectivity index (χ0v) is 46.2. The third kappa shape index (κ3) is 33.9. The van der Waals surface area contributed by atoms with Crippen molar-refractivity contribution in [3.05, 3.63) is 239 Å². The molecule has 0 fully saturated rings. The molecule has 16 nitrogen and oxygen atoms in total. The molecule has 0 heterocycles. The molecule has 24 heteroatoms. The van der Waals surface area contributed by atoms with E-state index in [4.69, 9.17) is 80.4 Å². The maximum Gasteiger partial charge on any atom is 0.488 e. The minimum absolute atomic E-state index is 0. The van der Waals surface area contributed by atoms with Gasteiger partial charge in [0.2, 0.25) is 0 Å². The monoisotopic (exact) mass is 1100 g/mol. The fraction of sp³-hybridized carbons (Fsp3) is 0.158. The SMILES string of the molecule is C.Cc1ccc(B(O)O)cc1.Cc1ccc(B(O)O)cc1.Cc1ccc(B(O)O)cc1.Cc1ccc(B(O)O)cc1.Cc1ccc(B(O)O)cc1.Cc1ccc(B(O)O)cc1.Cc1ccc(B(O)O)cc1.Cc1ccc(B(O)O)cc1. The molecule has 0 unspecified atom stereocenters. The number of hydrogen-bond acceptors (Lipinski definition) is 16. The van der Waals surface area contributed by atoms with Crippen LogP contribution in [0, 0.1) is 55.4 Å². The van der Waals surface area contributed by atoms with Crippen molar-refractivity contribution in [1.29, 1.82) is 0 Å². The third-order valence-corrected chi connectivity index (χ3v) is 11.0. The Morgan fingerprint density at radius 2 is 0.210 bits per heavy atom. The van der Waals surface area contributed by atoms with Crippen molar-refractivity contribution in [2.45, 2.75) is 62.8 Å². The van der Waals surface area contributed by atoms with Crippen LogP contribution in [0.25, 0.3) is 0 Å². The van der Waals surface area contributed by atoms with E-state index in [1.807, 2.05) is 152 Å². The number of rotatable bonds is 8. The van der Waals surface area contributed by atoms with Gasteiger partial charge in [0.15, 0.2) is 0 Å². The maximum atomic E-state index is 8.67. The highest BCUT2D eigenvalue weighted by atomic mass is 16.4. The molecule has 0 aliphatic carbocycles. The molecular formula is C57H76B8O16. The molecule has 0 saturated carbocycles. The highest BCUT2D eigenvalue weighted by Crippen LogP contribution is 1.98. The second kappa shape index (κ2) is 40.8. The Kier molecular flexibility index (Phi) is 37.6. The Morgan fingerprint density at radius 1 is 0.148 bits per heavy atom. The van der Waals surface area contributed by atoms with Crippen molar-refractivity contribution < 1.29 is 80.4 Å². The van der Waals surface area contributed by atoms with Crippen LogP contribution in [-0.4, -0.2) is 137 Å². The fourth-order valence-electron chi connectivity index (χ4n) is 5.91. The molecule has 0 amide bonds. The van der Waals surface area contributed by atoms with Crippen LogP contribution < -0.4 is 43.7 Å². The van der Waals surface area contributed by atoms with E-state index in [2.05, 4.69) is 0 Å². The topological polar surface area (TPSA) is 324 Å². The normalized spacial score (nSPS) is 9.38. The number of hydrogen-bond donors (Lipinski definition) is 16. The number of benzene rings is 8. The van der Waals surface area contributed by atoms with E-state index in [1.54, 1.807) is 97.1 Å². The first-order valence-electron chi connectivity index (χ1n) is 25.0. The zero-order chi connectivity index (χ0) is 60.5. The predicted octanol–water partition coefficient (Wildman–Crippen LogP) is -1.97. The highest BCUT2D eigenvalue weighted by molar-refractivity contribution is 6.61. The summed E-state index contributed by atoms with van der Waals surface area (Å²) >= 11 is 0. The lowest BCUT2D eigenvalue weighted by Gasteiger charge is -1.97. The van der Waals surface area contributed by atoms with Gasteiger partial charge in [-0.25, -0.2) is 0 Å². The van der Waals surface area contributed by atoms with Crippen LogP contribution in [0.3, 0.4) is 0 Å². The van der Waals surface area contributed by atoms with Gasteiger partial charge in [-0.3, -0.25) is 0 Å². The van der Waals surface area contributed by atoms with Crippen molar-refractivity contribution in [3.63, 3.8) is 0 Å². The van der Waals surface area contributed by atoms with Crippen LogP contribution in [0.4, 0.5) is 0 Å². The molecule has 0 radical (unpaired) electrons. The molecule has 8 aromatic carbocycles. The molecule has 424 valence electrons. The van der Waals surface area contributed by atoms with Gasteiger partial charge in [-0.1, -0.05) is 246 Å². The third-order valence-electron chi connectivity index (χ3n) is 11.0. The Labute approximate surface area is 480 Å². The summed E-state index contributed by atoms with van der Waals surface area (Å²) in [7, 11) is -10.8. The molecule has 0 aliphatic rings. The second-order valence-corrected chi connectivity index (χ2v) is 18.3. The summed E-state index contributed by atoms with van der Waals surface area (Å²) in [6.45, 7) is 15.6.